The molecule has 2 fully saturated rings. The van der Waals surface area contributed by atoms with Crippen LogP contribution in [-0.4, -0.2) is 42.1 Å². The maximum Gasteiger partial charge on any atom is 0.0730 e. The van der Waals surface area contributed by atoms with Gasteiger partial charge >= 0.3 is 0 Å². The van der Waals surface area contributed by atoms with E-state index in [1.54, 1.807) is 0 Å². The molecule has 2 rings (SSSR count). The van der Waals surface area contributed by atoms with E-state index in [4.69, 9.17) is 4.74 Å². The minimum absolute atomic E-state index is 0.549. The topological polar surface area (TPSA) is 12.5 Å². The molecule has 2 unspecified atom stereocenters. The molecule has 0 N–H and O–H groups in total. The summed E-state index contributed by atoms with van der Waals surface area (Å²) >= 11 is 3.51. The van der Waals surface area contributed by atoms with Gasteiger partial charge in [-0.3, -0.25) is 4.90 Å². The molecule has 0 spiro atoms. The largest absolute Gasteiger partial charge is 0.375 e. The lowest BCUT2D eigenvalue weighted by molar-refractivity contribution is -0.0877. The number of morpholine rings is 1. The Balaban J connectivity index is 1.88. The third kappa shape index (κ3) is 2.50. The van der Waals surface area contributed by atoms with Crippen molar-refractivity contribution in [2.24, 2.45) is 0 Å². The maximum absolute atomic E-state index is 5.84. The smallest absolute Gasteiger partial charge is 0.0730 e. The average molecular weight is 262 g/mol. The second-order valence-electron chi connectivity index (χ2n) is 4.34. The Morgan fingerprint density at radius 1 is 1.29 bits per heavy atom. The van der Waals surface area contributed by atoms with Crippen molar-refractivity contribution < 1.29 is 4.74 Å². The fraction of sp³-hybridized carbons (Fsp3) is 1.00. The molecule has 0 aromatic heterocycles. The van der Waals surface area contributed by atoms with Crippen molar-refractivity contribution in [2.45, 2.75) is 44.2 Å². The first kappa shape index (κ1) is 10.9. The van der Waals surface area contributed by atoms with Crippen LogP contribution in [0.3, 0.4) is 0 Å². The molecule has 82 valence electrons. The first-order chi connectivity index (χ1) is 6.92. The molecule has 0 amide bonds. The number of ether oxygens (including phenoxy) is 1. The number of nitrogens with zero attached hydrogens (tertiary/aromatic N) is 1. The van der Waals surface area contributed by atoms with Crippen molar-refractivity contribution in [2.75, 3.05) is 25.0 Å². The molecular formula is C11H20BrNO. The lowest BCUT2D eigenvalue weighted by Crippen LogP contribution is -2.52. The van der Waals surface area contributed by atoms with Crippen LogP contribution in [0.25, 0.3) is 0 Å². The quantitative estimate of drug-likeness (QED) is 0.724. The Morgan fingerprint density at radius 2 is 2.14 bits per heavy atom. The van der Waals surface area contributed by atoms with Crippen LogP contribution < -0.4 is 0 Å². The van der Waals surface area contributed by atoms with Crippen molar-refractivity contribution in [3.8, 4) is 0 Å². The van der Waals surface area contributed by atoms with Gasteiger partial charge in [0.15, 0.2) is 0 Å². The summed E-state index contributed by atoms with van der Waals surface area (Å²) in [5.74, 6) is 0. The Labute approximate surface area is 95.1 Å². The number of fused-ring (bicyclic) bond motifs is 1. The first-order valence-electron chi connectivity index (χ1n) is 5.83. The normalized spacial score (nSPS) is 34.1. The fourth-order valence-electron chi connectivity index (χ4n) is 2.72. The molecule has 2 atom stereocenters. The van der Waals surface area contributed by atoms with Crippen molar-refractivity contribution in [1.82, 2.24) is 4.90 Å². The SMILES string of the molecule is BrCCCN1CCOC2CCCCC21. The Kier molecular flexibility index (Phi) is 4.26. The van der Waals surface area contributed by atoms with Gasteiger partial charge in [0.25, 0.3) is 0 Å². The fourth-order valence-corrected chi connectivity index (χ4v) is 2.97. The lowest BCUT2D eigenvalue weighted by atomic mass is 9.90. The van der Waals surface area contributed by atoms with Gasteiger partial charge in [0.05, 0.1) is 12.7 Å². The van der Waals surface area contributed by atoms with Crippen LogP contribution in [0.15, 0.2) is 0 Å². The predicted molar refractivity (Wildman–Crippen MR) is 62.0 cm³/mol. The molecule has 1 saturated carbocycles. The van der Waals surface area contributed by atoms with Crippen molar-refractivity contribution >= 4 is 15.9 Å². The third-order valence-electron chi connectivity index (χ3n) is 3.43. The summed E-state index contributed by atoms with van der Waals surface area (Å²) in [6.07, 6.45) is 7.22. The number of hydrogen-bond donors (Lipinski definition) is 0. The van der Waals surface area contributed by atoms with Crippen molar-refractivity contribution in [3.05, 3.63) is 0 Å². The summed E-state index contributed by atoms with van der Waals surface area (Å²) in [5, 5.41) is 1.13. The summed E-state index contributed by atoms with van der Waals surface area (Å²) < 4.78 is 5.84. The van der Waals surface area contributed by atoms with Crippen LogP contribution >= 0.6 is 15.9 Å². The van der Waals surface area contributed by atoms with E-state index >= 15 is 0 Å². The molecule has 0 aromatic rings. The zero-order valence-corrected chi connectivity index (χ0v) is 10.3. The van der Waals surface area contributed by atoms with Crippen molar-refractivity contribution in [1.29, 1.82) is 0 Å². The second-order valence-corrected chi connectivity index (χ2v) is 5.13. The van der Waals surface area contributed by atoms with Gasteiger partial charge < -0.3 is 4.74 Å². The number of hydrogen-bond acceptors (Lipinski definition) is 2. The zero-order valence-electron chi connectivity index (χ0n) is 8.75. The van der Waals surface area contributed by atoms with Gasteiger partial charge in [-0.1, -0.05) is 28.8 Å². The van der Waals surface area contributed by atoms with Gasteiger partial charge in [-0.15, -0.1) is 0 Å². The van der Waals surface area contributed by atoms with E-state index in [1.807, 2.05) is 0 Å². The highest BCUT2D eigenvalue weighted by Gasteiger charge is 2.33. The molecule has 2 aliphatic rings. The Bertz CT molecular complexity index is 175. The minimum Gasteiger partial charge on any atom is -0.375 e. The van der Waals surface area contributed by atoms with Crippen LogP contribution in [0.4, 0.5) is 0 Å². The van der Waals surface area contributed by atoms with Gasteiger partial charge in [-0.25, -0.2) is 0 Å². The van der Waals surface area contributed by atoms with Crippen LogP contribution in [0.1, 0.15) is 32.1 Å². The standard InChI is InChI=1S/C11H20BrNO/c12-6-3-7-13-8-9-14-11-5-2-1-4-10(11)13/h10-11H,1-9H2. The highest BCUT2D eigenvalue weighted by Crippen LogP contribution is 2.28. The van der Waals surface area contributed by atoms with Crippen LogP contribution in [0.5, 0.6) is 0 Å². The molecule has 0 aromatic carbocycles. The average Bonchev–Trinajstić information content (AvgIpc) is 2.26. The minimum atomic E-state index is 0.549. The molecule has 1 aliphatic heterocycles. The van der Waals surface area contributed by atoms with E-state index < -0.39 is 0 Å². The van der Waals surface area contributed by atoms with Gasteiger partial charge in [-0.05, 0) is 25.8 Å². The molecule has 14 heavy (non-hydrogen) atoms. The number of halogens is 1. The highest BCUT2D eigenvalue weighted by atomic mass is 79.9. The van der Waals surface area contributed by atoms with E-state index in [1.165, 1.54) is 38.6 Å². The Morgan fingerprint density at radius 3 is 3.00 bits per heavy atom. The monoisotopic (exact) mass is 261 g/mol. The highest BCUT2D eigenvalue weighted by molar-refractivity contribution is 9.09. The molecule has 0 bridgehead atoms. The molecule has 1 saturated heterocycles. The van der Waals surface area contributed by atoms with Gasteiger partial charge in [0, 0.05) is 17.9 Å². The maximum atomic E-state index is 5.84. The number of alkyl halides is 1. The summed E-state index contributed by atoms with van der Waals surface area (Å²) in [4.78, 5) is 2.65. The van der Waals surface area contributed by atoms with E-state index in [0.29, 0.717) is 6.10 Å². The number of rotatable bonds is 3. The summed E-state index contributed by atoms with van der Waals surface area (Å²) in [5.41, 5.74) is 0. The van der Waals surface area contributed by atoms with Crippen LogP contribution in [-0.2, 0) is 4.74 Å². The summed E-state index contributed by atoms with van der Waals surface area (Å²) in [6, 6.07) is 0.733. The van der Waals surface area contributed by atoms with Gasteiger partial charge in [0.1, 0.15) is 0 Å². The molecule has 2 nitrogen and oxygen atoms in total. The summed E-state index contributed by atoms with van der Waals surface area (Å²) in [7, 11) is 0. The Hall–Kier alpha value is 0.400. The van der Waals surface area contributed by atoms with Gasteiger partial charge in [0.2, 0.25) is 0 Å². The molecule has 1 heterocycles. The first-order valence-corrected chi connectivity index (χ1v) is 6.95. The van der Waals surface area contributed by atoms with Crippen LogP contribution in [0, 0.1) is 0 Å². The van der Waals surface area contributed by atoms with E-state index in [2.05, 4.69) is 20.8 Å². The molecule has 3 heteroatoms. The summed E-state index contributed by atoms with van der Waals surface area (Å²) in [6.45, 7) is 3.34. The molecular weight excluding hydrogens is 242 g/mol. The lowest BCUT2D eigenvalue weighted by Gasteiger charge is -2.43. The van der Waals surface area contributed by atoms with Crippen LogP contribution in [0.2, 0.25) is 0 Å². The van der Waals surface area contributed by atoms with E-state index in [-0.39, 0.29) is 0 Å². The van der Waals surface area contributed by atoms with E-state index in [9.17, 15) is 0 Å². The second kappa shape index (κ2) is 5.47. The zero-order chi connectivity index (χ0) is 9.80. The van der Waals surface area contributed by atoms with E-state index in [0.717, 1.165) is 24.5 Å². The third-order valence-corrected chi connectivity index (χ3v) is 3.99. The van der Waals surface area contributed by atoms with Gasteiger partial charge in [-0.2, -0.15) is 0 Å². The predicted octanol–water partition coefficient (Wildman–Crippen LogP) is 2.41. The molecule has 0 radical (unpaired) electrons. The van der Waals surface area contributed by atoms with Crippen molar-refractivity contribution in [3.63, 3.8) is 0 Å². The molecule has 1 aliphatic carbocycles.